The van der Waals surface area contributed by atoms with Crippen molar-refractivity contribution in [3.63, 3.8) is 0 Å². The zero-order valence-electron chi connectivity index (χ0n) is 8.92. The lowest BCUT2D eigenvalue weighted by atomic mass is 9.96. The first kappa shape index (κ1) is 9.91. The maximum atomic E-state index is 4.22. The smallest absolute Gasteiger partial charge is 0.0345 e. The van der Waals surface area contributed by atoms with E-state index >= 15 is 0 Å². The highest BCUT2D eigenvalue weighted by molar-refractivity contribution is 8.03. The van der Waals surface area contributed by atoms with Crippen LogP contribution in [0.3, 0.4) is 0 Å². The minimum absolute atomic E-state index is 0.471. The van der Waals surface area contributed by atoms with Crippen LogP contribution in [0.2, 0.25) is 0 Å². The van der Waals surface area contributed by atoms with Gasteiger partial charge in [0.2, 0.25) is 0 Å². The summed E-state index contributed by atoms with van der Waals surface area (Å²) in [5.74, 6) is 1.81. The fourth-order valence-electron chi connectivity index (χ4n) is 2.26. The van der Waals surface area contributed by atoms with E-state index in [1.165, 1.54) is 22.8 Å². The Morgan fingerprint density at radius 1 is 1.50 bits per heavy atom. The van der Waals surface area contributed by atoms with E-state index in [1.54, 1.807) is 0 Å². The fourth-order valence-corrected chi connectivity index (χ4v) is 3.52. The molecule has 76 valence electrons. The first-order valence-electron chi connectivity index (χ1n) is 5.12. The van der Waals surface area contributed by atoms with Crippen LogP contribution in [-0.4, -0.2) is 16.7 Å². The van der Waals surface area contributed by atoms with Crippen molar-refractivity contribution in [3.8, 4) is 0 Å². The number of allylic oxidation sites excluding steroid dienone is 2. The minimum atomic E-state index is 0.471. The average Bonchev–Trinajstić information content (AvgIpc) is 2.50. The Balaban J connectivity index is 2.34. The second kappa shape index (κ2) is 3.50. The summed E-state index contributed by atoms with van der Waals surface area (Å²) in [7, 11) is 0. The van der Waals surface area contributed by atoms with E-state index in [0.29, 0.717) is 12.0 Å². The molecule has 2 heteroatoms. The van der Waals surface area contributed by atoms with Gasteiger partial charge in [-0.1, -0.05) is 13.2 Å². The SMILES string of the molecule is C=C1C=C2SCCC2C(=C)N1C(C)C. The Morgan fingerprint density at radius 2 is 2.21 bits per heavy atom. The highest BCUT2D eigenvalue weighted by Crippen LogP contribution is 2.46. The zero-order valence-corrected chi connectivity index (χ0v) is 9.73. The Morgan fingerprint density at radius 3 is 2.86 bits per heavy atom. The van der Waals surface area contributed by atoms with Crippen molar-refractivity contribution >= 4 is 11.8 Å². The normalized spacial score (nSPS) is 26.9. The zero-order chi connectivity index (χ0) is 10.3. The molecule has 1 nitrogen and oxygen atoms in total. The van der Waals surface area contributed by atoms with Crippen molar-refractivity contribution in [3.05, 3.63) is 35.5 Å². The van der Waals surface area contributed by atoms with Gasteiger partial charge in [-0.2, -0.15) is 0 Å². The molecule has 0 aromatic carbocycles. The monoisotopic (exact) mass is 207 g/mol. The molecule has 0 N–H and O–H groups in total. The van der Waals surface area contributed by atoms with Crippen molar-refractivity contribution in [1.82, 2.24) is 4.90 Å². The quantitative estimate of drug-likeness (QED) is 0.648. The second-order valence-electron chi connectivity index (χ2n) is 4.18. The molecule has 1 unspecified atom stereocenters. The summed E-state index contributed by atoms with van der Waals surface area (Å²) in [4.78, 5) is 3.73. The molecule has 1 saturated heterocycles. The lowest BCUT2D eigenvalue weighted by molar-refractivity contribution is 0.325. The molecular weight excluding hydrogens is 190 g/mol. The van der Waals surface area contributed by atoms with Crippen LogP contribution in [-0.2, 0) is 0 Å². The summed E-state index contributed by atoms with van der Waals surface area (Å²) in [5.41, 5.74) is 2.35. The van der Waals surface area contributed by atoms with Gasteiger partial charge in [0.1, 0.15) is 0 Å². The van der Waals surface area contributed by atoms with Crippen molar-refractivity contribution < 1.29 is 0 Å². The van der Waals surface area contributed by atoms with Crippen molar-refractivity contribution in [2.24, 2.45) is 5.92 Å². The maximum Gasteiger partial charge on any atom is 0.0345 e. The maximum absolute atomic E-state index is 4.22. The van der Waals surface area contributed by atoms with E-state index < -0.39 is 0 Å². The Bertz CT molecular complexity index is 314. The van der Waals surface area contributed by atoms with Crippen LogP contribution in [0.5, 0.6) is 0 Å². The molecule has 0 aromatic heterocycles. The third-order valence-electron chi connectivity index (χ3n) is 2.87. The predicted octanol–water partition coefficient (Wildman–Crippen LogP) is 3.37. The van der Waals surface area contributed by atoms with Crippen LogP contribution < -0.4 is 0 Å². The van der Waals surface area contributed by atoms with Crippen LogP contribution in [0, 0.1) is 5.92 Å². The number of hydrogen-bond acceptors (Lipinski definition) is 2. The van der Waals surface area contributed by atoms with Crippen molar-refractivity contribution in [1.29, 1.82) is 0 Å². The lowest BCUT2D eigenvalue weighted by Crippen LogP contribution is -2.33. The molecule has 2 rings (SSSR count). The van der Waals surface area contributed by atoms with Gasteiger partial charge in [-0.25, -0.2) is 0 Å². The van der Waals surface area contributed by atoms with E-state index in [1.807, 2.05) is 11.8 Å². The number of thioether (sulfide) groups is 1. The van der Waals surface area contributed by atoms with Crippen LogP contribution in [0.4, 0.5) is 0 Å². The number of nitrogens with zero attached hydrogens (tertiary/aromatic N) is 1. The summed E-state index contributed by atoms with van der Waals surface area (Å²) in [6.45, 7) is 12.7. The van der Waals surface area contributed by atoms with Gasteiger partial charge < -0.3 is 4.90 Å². The van der Waals surface area contributed by atoms with Gasteiger partial charge in [-0.15, -0.1) is 11.8 Å². The first-order valence-corrected chi connectivity index (χ1v) is 6.11. The summed E-state index contributed by atoms with van der Waals surface area (Å²) < 4.78 is 0. The molecule has 14 heavy (non-hydrogen) atoms. The summed E-state index contributed by atoms with van der Waals surface area (Å²) in [5, 5.41) is 0. The fraction of sp³-hybridized carbons (Fsp3) is 0.500. The molecule has 0 aliphatic carbocycles. The highest BCUT2D eigenvalue weighted by atomic mass is 32.2. The summed E-state index contributed by atoms with van der Waals surface area (Å²) in [6.07, 6.45) is 3.48. The van der Waals surface area contributed by atoms with Crippen LogP contribution in [0.25, 0.3) is 0 Å². The lowest BCUT2D eigenvalue weighted by Gasteiger charge is -2.38. The van der Waals surface area contributed by atoms with Crippen molar-refractivity contribution in [2.45, 2.75) is 26.3 Å². The molecule has 2 heterocycles. The van der Waals surface area contributed by atoms with E-state index in [0.717, 1.165) is 5.70 Å². The Labute approximate surface area is 90.6 Å². The molecule has 0 spiro atoms. The van der Waals surface area contributed by atoms with E-state index in [4.69, 9.17) is 0 Å². The van der Waals surface area contributed by atoms with E-state index in [2.05, 4.69) is 38.0 Å². The Hall–Kier alpha value is -0.630. The molecule has 0 bridgehead atoms. The number of rotatable bonds is 1. The van der Waals surface area contributed by atoms with Gasteiger partial charge in [0.05, 0.1) is 0 Å². The van der Waals surface area contributed by atoms with Crippen LogP contribution >= 0.6 is 11.8 Å². The van der Waals surface area contributed by atoms with Crippen LogP contribution in [0.1, 0.15) is 20.3 Å². The molecule has 0 saturated carbocycles. The molecule has 1 fully saturated rings. The first-order chi connectivity index (χ1) is 6.61. The topological polar surface area (TPSA) is 3.24 Å². The summed E-state index contributed by atoms with van der Waals surface area (Å²) in [6, 6.07) is 0.471. The molecule has 0 amide bonds. The molecule has 2 aliphatic heterocycles. The highest BCUT2D eigenvalue weighted by Gasteiger charge is 2.32. The van der Waals surface area contributed by atoms with E-state index in [-0.39, 0.29) is 0 Å². The Kier molecular flexibility index (Phi) is 2.48. The van der Waals surface area contributed by atoms with E-state index in [9.17, 15) is 0 Å². The van der Waals surface area contributed by atoms with Gasteiger partial charge in [-0.05, 0) is 37.0 Å². The van der Waals surface area contributed by atoms with Gasteiger partial charge in [0.25, 0.3) is 0 Å². The average molecular weight is 207 g/mol. The predicted molar refractivity (Wildman–Crippen MR) is 63.9 cm³/mol. The minimum Gasteiger partial charge on any atom is -0.343 e. The van der Waals surface area contributed by atoms with Gasteiger partial charge in [0.15, 0.2) is 0 Å². The molecule has 0 radical (unpaired) electrons. The van der Waals surface area contributed by atoms with Gasteiger partial charge in [-0.3, -0.25) is 0 Å². The molecule has 2 aliphatic rings. The van der Waals surface area contributed by atoms with Crippen LogP contribution in [0.15, 0.2) is 35.5 Å². The van der Waals surface area contributed by atoms with Gasteiger partial charge in [0, 0.05) is 23.4 Å². The number of hydrogen-bond donors (Lipinski definition) is 0. The second-order valence-corrected chi connectivity index (χ2v) is 5.35. The standard InChI is InChI=1S/C12H17NS/c1-8(2)13-9(3)7-12-11(10(13)4)5-6-14-12/h7-8,11H,3-6H2,1-2H3. The summed E-state index contributed by atoms with van der Waals surface area (Å²) >= 11 is 1.96. The molecular formula is C12H17NS. The van der Waals surface area contributed by atoms with Crippen molar-refractivity contribution in [2.75, 3.05) is 5.75 Å². The largest absolute Gasteiger partial charge is 0.343 e. The number of fused-ring (bicyclic) bond motifs is 1. The third kappa shape index (κ3) is 1.42. The molecule has 0 aromatic rings. The van der Waals surface area contributed by atoms with Gasteiger partial charge >= 0.3 is 0 Å². The third-order valence-corrected chi connectivity index (χ3v) is 4.04. The molecule has 1 atom stereocenters.